The fourth-order valence-corrected chi connectivity index (χ4v) is 3.78. The highest BCUT2D eigenvalue weighted by molar-refractivity contribution is 6.12. The van der Waals surface area contributed by atoms with Crippen molar-refractivity contribution in [3.8, 4) is 0 Å². The van der Waals surface area contributed by atoms with Crippen LogP contribution in [0.5, 0.6) is 0 Å². The number of nitrogens with one attached hydrogen (secondary N) is 1. The summed E-state index contributed by atoms with van der Waals surface area (Å²) in [6.45, 7) is 1.85. The van der Waals surface area contributed by atoms with Crippen LogP contribution < -0.4 is 10.9 Å². The Hall–Kier alpha value is -2.96. The fraction of sp³-hybridized carbons (Fsp3) is 0.333. The van der Waals surface area contributed by atoms with Crippen molar-refractivity contribution in [2.75, 3.05) is 18.5 Å². The fourth-order valence-electron chi connectivity index (χ4n) is 3.78. The van der Waals surface area contributed by atoms with E-state index in [1.165, 1.54) is 12.5 Å². The third-order valence-electron chi connectivity index (χ3n) is 5.43. The van der Waals surface area contributed by atoms with Crippen LogP contribution in [0.2, 0.25) is 0 Å². The average molecular weight is 406 g/mol. The van der Waals surface area contributed by atoms with Crippen LogP contribution in [-0.4, -0.2) is 29.8 Å². The van der Waals surface area contributed by atoms with Crippen molar-refractivity contribution < 1.29 is 14.3 Å². The van der Waals surface area contributed by atoms with E-state index >= 15 is 0 Å². The van der Waals surface area contributed by atoms with E-state index in [0.29, 0.717) is 24.5 Å². The number of aromatic nitrogens is 1. The first-order valence-electron chi connectivity index (χ1n) is 10.3. The van der Waals surface area contributed by atoms with Crippen LogP contribution in [0.15, 0.2) is 59.4 Å². The number of carbonyl (C=O) groups excluding carboxylic acids is 1. The van der Waals surface area contributed by atoms with Crippen molar-refractivity contribution in [1.82, 2.24) is 4.57 Å². The molecule has 156 valence electrons. The van der Waals surface area contributed by atoms with E-state index in [1.807, 2.05) is 48.5 Å². The van der Waals surface area contributed by atoms with E-state index < -0.39 is 0 Å². The van der Waals surface area contributed by atoms with Crippen LogP contribution in [0, 0.1) is 0 Å². The molecule has 6 heteroatoms. The number of carbonyl (C=O) groups is 1. The number of anilines is 1. The molecule has 1 N–H and O–H groups in total. The Balaban J connectivity index is 1.45. The average Bonchev–Trinajstić information content (AvgIpc) is 2.77. The molecule has 0 bridgehead atoms. The molecule has 1 saturated heterocycles. The van der Waals surface area contributed by atoms with Gasteiger partial charge in [-0.05, 0) is 43.0 Å². The monoisotopic (exact) mass is 406 g/mol. The van der Waals surface area contributed by atoms with Crippen LogP contribution in [-0.2, 0) is 23.1 Å². The zero-order valence-electron chi connectivity index (χ0n) is 17.1. The molecular formula is C24H26N2O4. The van der Waals surface area contributed by atoms with Gasteiger partial charge >= 0.3 is 0 Å². The number of ether oxygens (including phenoxy) is 2. The molecule has 2 heterocycles. The first-order valence-corrected chi connectivity index (χ1v) is 10.3. The number of amides is 1. The summed E-state index contributed by atoms with van der Waals surface area (Å²) in [5.41, 5.74) is 2.51. The number of pyridine rings is 1. The molecule has 4 rings (SSSR count). The van der Waals surface area contributed by atoms with E-state index in [4.69, 9.17) is 9.47 Å². The van der Waals surface area contributed by atoms with Crippen molar-refractivity contribution >= 4 is 22.5 Å². The van der Waals surface area contributed by atoms with Gasteiger partial charge in [0, 0.05) is 30.8 Å². The summed E-state index contributed by atoms with van der Waals surface area (Å²) in [6, 6.07) is 16.3. The standard InChI is InChI=1S/C24H26N2O4/c1-26-22-11-3-2-10-20(22)21(14-23(26)27)24(28)25-18-8-6-7-17(13-18)15-29-16-19-9-4-5-12-30-19/h2-3,6-8,10-11,13-14,19H,4-5,9,12,15-16H2,1H3,(H,25,28). The molecule has 2 aromatic carbocycles. The van der Waals surface area contributed by atoms with Gasteiger partial charge in [0.05, 0.1) is 30.4 Å². The summed E-state index contributed by atoms with van der Waals surface area (Å²) in [4.78, 5) is 25.2. The smallest absolute Gasteiger partial charge is 0.256 e. The van der Waals surface area contributed by atoms with Crippen molar-refractivity contribution in [1.29, 1.82) is 0 Å². The third-order valence-corrected chi connectivity index (χ3v) is 5.43. The van der Waals surface area contributed by atoms with Gasteiger partial charge in [0.2, 0.25) is 0 Å². The number of para-hydroxylation sites is 1. The molecule has 1 amide bonds. The third kappa shape index (κ3) is 4.61. The van der Waals surface area contributed by atoms with E-state index in [1.54, 1.807) is 11.6 Å². The molecule has 30 heavy (non-hydrogen) atoms. The second kappa shape index (κ2) is 9.24. The van der Waals surface area contributed by atoms with E-state index in [-0.39, 0.29) is 17.6 Å². The lowest BCUT2D eigenvalue weighted by Crippen LogP contribution is -2.24. The highest BCUT2D eigenvalue weighted by Crippen LogP contribution is 2.19. The van der Waals surface area contributed by atoms with Crippen molar-refractivity contribution in [3.05, 3.63) is 76.1 Å². The largest absolute Gasteiger partial charge is 0.376 e. The van der Waals surface area contributed by atoms with E-state index in [0.717, 1.165) is 35.9 Å². The second-order valence-electron chi connectivity index (χ2n) is 7.63. The summed E-state index contributed by atoms with van der Waals surface area (Å²) in [7, 11) is 1.70. The van der Waals surface area contributed by atoms with Gasteiger partial charge in [0.1, 0.15) is 0 Å². The number of nitrogens with zero attached hydrogens (tertiary/aromatic N) is 1. The minimum Gasteiger partial charge on any atom is -0.376 e. The number of hydrogen-bond acceptors (Lipinski definition) is 4. The van der Waals surface area contributed by atoms with Crippen LogP contribution in [0.3, 0.4) is 0 Å². The Morgan fingerprint density at radius 2 is 2.03 bits per heavy atom. The minimum absolute atomic E-state index is 0.176. The second-order valence-corrected chi connectivity index (χ2v) is 7.63. The van der Waals surface area contributed by atoms with Gasteiger partial charge < -0.3 is 19.4 Å². The Morgan fingerprint density at radius 3 is 2.87 bits per heavy atom. The van der Waals surface area contributed by atoms with E-state index in [9.17, 15) is 9.59 Å². The molecule has 1 aromatic heterocycles. The number of rotatable bonds is 6. The predicted molar refractivity (Wildman–Crippen MR) is 117 cm³/mol. The lowest BCUT2D eigenvalue weighted by Gasteiger charge is -2.22. The molecule has 1 fully saturated rings. The number of fused-ring (bicyclic) bond motifs is 1. The highest BCUT2D eigenvalue weighted by atomic mass is 16.5. The SMILES string of the molecule is Cn1c(=O)cc(C(=O)Nc2cccc(COCC3CCCCO3)c2)c2ccccc21. The Kier molecular flexibility index (Phi) is 6.26. The summed E-state index contributed by atoms with van der Waals surface area (Å²) in [5.74, 6) is -0.308. The van der Waals surface area contributed by atoms with Crippen LogP contribution >= 0.6 is 0 Å². The van der Waals surface area contributed by atoms with Gasteiger partial charge in [0.25, 0.3) is 11.5 Å². The van der Waals surface area contributed by atoms with Gasteiger partial charge in [-0.2, -0.15) is 0 Å². The summed E-state index contributed by atoms with van der Waals surface area (Å²) in [5, 5.41) is 3.65. The zero-order chi connectivity index (χ0) is 20.9. The van der Waals surface area contributed by atoms with Gasteiger partial charge in [-0.25, -0.2) is 0 Å². The van der Waals surface area contributed by atoms with Gasteiger partial charge in [-0.15, -0.1) is 0 Å². The summed E-state index contributed by atoms with van der Waals surface area (Å²) < 4.78 is 13.0. The molecule has 6 nitrogen and oxygen atoms in total. The van der Waals surface area contributed by atoms with Gasteiger partial charge in [-0.3, -0.25) is 9.59 Å². The molecule has 1 unspecified atom stereocenters. The number of hydrogen-bond donors (Lipinski definition) is 1. The first kappa shape index (κ1) is 20.3. The zero-order valence-corrected chi connectivity index (χ0v) is 17.1. The highest BCUT2D eigenvalue weighted by Gasteiger charge is 2.15. The molecule has 1 aliphatic rings. The normalized spacial score (nSPS) is 16.5. The summed E-state index contributed by atoms with van der Waals surface area (Å²) >= 11 is 0. The van der Waals surface area contributed by atoms with Crippen molar-refractivity contribution in [2.24, 2.45) is 7.05 Å². The first-order chi connectivity index (χ1) is 14.6. The Bertz CT molecular complexity index is 1100. The predicted octanol–water partition coefficient (Wildman–Crippen LogP) is 3.88. The quantitative estimate of drug-likeness (QED) is 0.675. The van der Waals surface area contributed by atoms with Crippen LogP contribution in [0.4, 0.5) is 5.69 Å². The topological polar surface area (TPSA) is 69.6 Å². The molecule has 0 saturated carbocycles. The molecule has 1 atom stereocenters. The lowest BCUT2D eigenvalue weighted by atomic mass is 10.1. The maximum absolute atomic E-state index is 12.9. The van der Waals surface area contributed by atoms with E-state index in [2.05, 4.69) is 5.32 Å². The molecule has 3 aromatic rings. The van der Waals surface area contributed by atoms with Crippen molar-refractivity contribution in [3.63, 3.8) is 0 Å². The van der Waals surface area contributed by atoms with Crippen LogP contribution in [0.25, 0.3) is 10.9 Å². The molecule has 0 radical (unpaired) electrons. The molecule has 1 aliphatic heterocycles. The van der Waals surface area contributed by atoms with Crippen molar-refractivity contribution in [2.45, 2.75) is 32.0 Å². The van der Waals surface area contributed by atoms with Gasteiger partial charge in [0.15, 0.2) is 0 Å². The minimum atomic E-state index is -0.308. The number of aryl methyl sites for hydroxylation is 1. The Morgan fingerprint density at radius 1 is 1.17 bits per heavy atom. The summed E-state index contributed by atoms with van der Waals surface area (Å²) in [6.07, 6.45) is 3.53. The molecular weight excluding hydrogens is 380 g/mol. The number of benzene rings is 2. The molecule has 0 spiro atoms. The lowest BCUT2D eigenvalue weighted by molar-refractivity contribution is -0.0447. The maximum atomic E-state index is 12.9. The maximum Gasteiger partial charge on any atom is 0.256 e. The Labute approximate surface area is 175 Å². The van der Waals surface area contributed by atoms with Gasteiger partial charge in [-0.1, -0.05) is 30.3 Å². The van der Waals surface area contributed by atoms with Crippen LogP contribution in [0.1, 0.15) is 35.2 Å². The molecule has 0 aliphatic carbocycles.